The van der Waals surface area contributed by atoms with E-state index in [9.17, 15) is 17.6 Å². The van der Waals surface area contributed by atoms with E-state index >= 15 is 0 Å². The summed E-state index contributed by atoms with van der Waals surface area (Å²) in [4.78, 5) is 0. The van der Waals surface area contributed by atoms with Crippen molar-refractivity contribution >= 4 is 0 Å². The van der Waals surface area contributed by atoms with Crippen LogP contribution >= 0.6 is 0 Å². The quantitative estimate of drug-likeness (QED) is 0.494. The Morgan fingerprint density at radius 3 is 2.25 bits per heavy atom. The van der Waals surface area contributed by atoms with E-state index in [1.165, 1.54) is 0 Å². The second-order valence-electron chi connectivity index (χ2n) is 2.58. The Morgan fingerprint density at radius 1 is 1.42 bits per heavy atom. The molecule has 0 saturated carbocycles. The number of ether oxygens (including phenoxy) is 2. The van der Waals surface area contributed by atoms with Crippen molar-refractivity contribution in [3.8, 4) is 0 Å². The molecule has 1 atom stereocenters. The first-order valence-electron chi connectivity index (χ1n) is 3.31. The van der Waals surface area contributed by atoms with Gasteiger partial charge in [0.15, 0.2) is 0 Å². The van der Waals surface area contributed by atoms with Gasteiger partial charge in [-0.25, -0.2) is 0 Å². The fraction of sp³-hybridized carbons (Fsp3) is 1.00. The molecule has 1 aliphatic heterocycles. The molecule has 2 nitrogen and oxygen atoms in total. The van der Waals surface area contributed by atoms with Gasteiger partial charge in [0, 0.05) is 13.5 Å². The predicted molar refractivity (Wildman–Crippen MR) is 31.3 cm³/mol. The molecule has 72 valence electrons. The van der Waals surface area contributed by atoms with Crippen LogP contribution in [0.1, 0.15) is 6.42 Å². The lowest BCUT2D eigenvalue weighted by Crippen LogP contribution is -2.42. The Labute approximate surface area is 66.4 Å². The molecule has 0 aromatic carbocycles. The zero-order valence-electron chi connectivity index (χ0n) is 6.32. The van der Waals surface area contributed by atoms with E-state index in [0.717, 1.165) is 0 Å². The zero-order chi connectivity index (χ0) is 9.41. The van der Waals surface area contributed by atoms with Crippen LogP contribution in [-0.2, 0) is 9.47 Å². The highest BCUT2D eigenvalue weighted by molar-refractivity contribution is 4.84. The topological polar surface area (TPSA) is 21.8 Å². The van der Waals surface area contributed by atoms with Crippen LogP contribution in [0.4, 0.5) is 17.6 Å². The van der Waals surface area contributed by atoms with E-state index < -0.39 is 24.6 Å². The third-order valence-corrected chi connectivity index (χ3v) is 1.57. The van der Waals surface area contributed by atoms with E-state index in [2.05, 4.69) is 9.47 Å². The third kappa shape index (κ3) is 1.87. The number of halogens is 4. The van der Waals surface area contributed by atoms with E-state index in [4.69, 9.17) is 0 Å². The molecule has 1 aliphatic rings. The molecule has 0 bridgehead atoms. The van der Waals surface area contributed by atoms with Gasteiger partial charge in [0.05, 0.1) is 12.7 Å². The number of methoxy groups -OCH3 is 1. The Balaban J connectivity index is 2.54. The summed E-state index contributed by atoms with van der Waals surface area (Å²) < 4.78 is 57.5. The standard InChI is InChI=1S/C6H8F4O2/c1-11-6(9,10)5(7,8)2-4-3-12-4/h4H,2-3H2,1H3. The maximum absolute atomic E-state index is 12.5. The van der Waals surface area contributed by atoms with E-state index in [1.807, 2.05) is 0 Å². The smallest absolute Gasteiger partial charge is 0.373 e. The lowest BCUT2D eigenvalue weighted by molar-refractivity contribution is -0.339. The third-order valence-electron chi connectivity index (χ3n) is 1.57. The molecule has 1 saturated heterocycles. The Morgan fingerprint density at radius 2 is 1.92 bits per heavy atom. The molecule has 0 aromatic heterocycles. The molecule has 1 heterocycles. The highest BCUT2D eigenvalue weighted by atomic mass is 19.3. The highest BCUT2D eigenvalue weighted by Gasteiger charge is 2.59. The van der Waals surface area contributed by atoms with Gasteiger partial charge >= 0.3 is 12.0 Å². The maximum Gasteiger partial charge on any atom is 0.419 e. The van der Waals surface area contributed by atoms with Crippen molar-refractivity contribution in [1.29, 1.82) is 0 Å². The molecule has 0 aromatic rings. The van der Waals surface area contributed by atoms with Crippen molar-refractivity contribution in [2.45, 2.75) is 24.6 Å². The van der Waals surface area contributed by atoms with Crippen LogP contribution in [0.3, 0.4) is 0 Å². The number of alkyl halides is 4. The largest absolute Gasteiger partial charge is 0.419 e. The van der Waals surface area contributed by atoms with Gasteiger partial charge in [0.2, 0.25) is 0 Å². The van der Waals surface area contributed by atoms with Gasteiger partial charge in [0.1, 0.15) is 0 Å². The number of rotatable bonds is 4. The van der Waals surface area contributed by atoms with Crippen molar-refractivity contribution in [3.63, 3.8) is 0 Å². The van der Waals surface area contributed by atoms with Crippen LogP contribution in [0.15, 0.2) is 0 Å². The van der Waals surface area contributed by atoms with Crippen LogP contribution in [-0.4, -0.2) is 31.9 Å². The molecular weight excluding hydrogens is 180 g/mol. The van der Waals surface area contributed by atoms with Crippen molar-refractivity contribution in [2.24, 2.45) is 0 Å². The molecule has 0 N–H and O–H groups in total. The summed E-state index contributed by atoms with van der Waals surface area (Å²) in [6, 6.07) is 0. The minimum atomic E-state index is -4.40. The average Bonchev–Trinajstić information content (AvgIpc) is 2.70. The first-order chi connectivity index (χ1) is 5.39. The molecule has 1 rings (SSSR count). The molecule has 1 fully saturated rings. The van der Waals surface area contributed by atoms with Crippen molar-refractivity contribution in [1.82, 2.24) is 0 Å². The van der Waals surface area contributed by atoms with Crippen LogP contribution in [0.2, 0.25) is 0 Å². The van der Waals surface area contributed by atoms with Gasteiger partial charge in [-0.3, -0.25) is 0 Å². The Bertz CT molecular complexity index is 167. The number of hydrogen-bond acceptors (Lipinski definition) is 2. The van der Waals surface area contributed by atoms with Gasteiger partial charge in [-0.1, -0.05) is 0 Å². The fourth-order valence-electron chi connectivity index (χ4n) is 0.740. The van der Waals surface area contributed by atoms with E-state index in [-0.39, 0.29) is 6.61 Å². The van der Waals surface area contributed by atoms with E-state index in [0.29, 0.717) is 7.11 Å². The first kappa shape index (κ1) is 9.73. The summed E-state index contributed by atoms with van der Waals surface area (Å²) in [5.41, 5.74) is 0. The SMILES string of the molecule is COC(F)(F)C(F)(F)CC1CO1. The predicted octanol–water partition coefficient (Wildman–Crippen LogP) is 1.65. The van der Waals surface area contributed by atoms with Gasteiger partial charge in [-0.05, 0) is 0 Å². The maximum atomic E-state index is 12.5. The monoisotopic (exact) mass is 188 g/mol. The average molecular weight is 188 g/mol. The summed E-state index contributed by atoms with van der Waals surface area (Å²) in [6.07, 6.45) is -6.15. The molecule has 0 amide bonds. The van der Waals surface area contributed by atoms with Gasteiger partial charge in [-0.2, -0.15) is 17.6 Å². The van der Waals surface area contributed by atoms with Crippen molar-refractivity contribution in [3.05, 3.63) is 0 Å². The lowest BCUT2D eigenvalue weighted by atomic mass is 10.2. The summed E-state index contributed by atoms with van der Waals surface area (Å²) in [7, 11) is 0.543. The van der Waals surface area contributed by atoms with Gasteiger partial charge in [-0.15, -0.1) is 0 Å². The molecule has 0 radical (unpaired) electrons. The fourth-order valence-corrected chi connectivity index (χ4v) is 0.740. The Hall–Kier alpha value is -0.360. The van der Waals surface area contributed by atoms with Crippen molar-refractivity contribution in [2.75, 3.05) is 13.7 Å². The number of hydrogen-bond donors (Lipinski definition) is 0. The second-order valence-corrected chi connectivity index (χ2v) is 2.58. The lowest BCUT2D eigenvalue weighted by Gasteiger charge is -2.23. The number of epoxide rings is 1. The summed E-state index contributed by atoms with van der Waals surface area (Å²) >= 11 is 0. The minimum absolute atomic E-state index is 0.120. The summed E-state index contributed by atoms with van der Waals surface area (Å²) in [5.74, 6) is -4.15. The second kappa shape index (κ2) is 2.85. The van der Waals surface area contributed by atoms with Crippen LogP contribution in [0, 0.1) is 0 Å². The molecule has 0 spiro atoms. The first-order valence-corrected chi connectivity index (χ1v) is 3.31. The summed E-state index contributed by atoms with van der Waals surface area (Å²) in [6.45, 7) is 0.120. The highest BCUT2D eigenvalue weighted by Crippen LogP contribution is 2.40. The zero-order valence-corrected chi connectivity index (χ0v) is 6.32. The normalized spacial score (nSPS) is 24.2. The van der Waals surface area contributed by atoms with Crippen LogP contribution < -0.4 is 0 Å². The molecule has 6 heteroatoms. The van der Waals surface area contributed by atoms with Crippen LogP contribution in [0.25, 0.3) is 0 Å². The van der Waals surface area contributed by atoms with Gasteiger partial charge in [0.25, 0.3) is 0 Å². The molecular formula is C6H8F4O2. The molecule has 1 unspecified atom stereocenters. The van der Waals surface area contributed by atoms with Gasteiger partial charge < -0.3 is 9.47 Å². The van der Waals surface area contributed by atoms with Crippen molar-refractivity contribution < 1.29 is 27.0 Å². The minimum Gasteiger partial charge on any atom is -0.373 e. The summed E-state index contributed by atoms with van der Waals surface area (Å²) in [5, 5.41) is 0. The molecule has 0 aliphatic carbocycles. The Kier molecular flexibility index (Phi) is 2.31. The van der Waals surface area contributed by atoms with Crippen LogP contribution in [0.5, 0.6) is 0 Å². The molecule has 12 heavy (non-hydrogen) atoms. The van der Waals surface area contributed by atoms with E-state index in [1.54, 1.807) is 0 Å².